The van der Waals surface area contributed by atoms with Gasteiger partial charge in [0.1, 0.15) is 18.5 Å². The standard InChI is InChI=1S/C19H18Cl2N4O3/c1-28-15-4-6-25(19(15)14(27)9-26)16-8-13(24-7-5-22-10-24)11-2-3-12(20)17(21)18(11)23-16/h2-3,5,7-8,10,15,19,26H,4,6,9H2,1H3/t15-,19-/m1/s1. The van der Waals surface area contributed by atoms with Crippen molar-refractivity contribution in [3.63, 3.8) is 0 Å². The molecule has 1 aliphatic heterocycles. The number of nitrogens with zero attached hydrogens (tertiary/aromatic N) is 4. The Bertz CT molecular complexity index is 1030. The molecule has 2 atom stereocenters. The molecule has 1 aliphatic rings. The van der Waals surface area contributed by atoms with Gasteiger partial charge in [-0.3, -0.25) is 4.79 Å². The summed E-state index contributed by atoms with van der Waals surface area (Å²) in [5, 5.41) is 11.0. The van der Waals surface area contributed by atoms with Gasteiger partial charge in [0.25, 0.3) is 0 Å². The monoisotopic (exact) mass is 420 g/mol. The predicted octanol–water partition coefficient (Wildman–Crippen LogP) is 2.88. The van der Waals surface area contributed by atoms with Crippen LogP contribution in [0.15, 0.2) is 36.9 Å². The molecule has 0 saturated carbocycles. The van der Waals surface area contributed by atoms with Crippen LogP contribution in [-0.2, 0) is 9.53 Å². The van der Waals surface area contributed by atoms with Gasteiger partial charge in [-0.2, -0.15) is 0 Å². The molecule has 9 heteroatoms. The minimum atomic E-state index is -0.617. The van der Waals surface area contributed by atoms with Crippen molar-refractivity contribution in [1.82, 2.24) is 14.5 Å². The summed E-state index contributed by atoms with van der Waals surface area (Å²) in [6, 6.07) is 4.84. The first kappa shape index (κ1) is 19.1. The molecule has 0 amide bonds. The molecule has 1 saturated heterocycles. The number of ketones is 1. The molecule has 4 rings (SSSR count). The molecule has 3 aromatic rings. The van der Waals surface area contributed by atoms with E-state index in [0.717, 1.165) is 11.1 Å². The Morgan fingerprint density at radius 3 is 2.89 bits per heavy atom. The minimum Gasteiger partial charge on any atom is -0.388 e. The average Bonchev–Trinajstić information content (AvgIpc) is 3.39. The van der Waals surface area contributed by atoms with Gasteiger partial charge in [0.15, 0.2) is 5.78 Å². The van der Waals surface area contributed by atoms with Crippen molar-refractivity contribution in [3.05, 3.63) is 47.0 Å². The van der Waals surface area contributed by atoms with Gasteiger partial charge in [-0.1, -0.05) is 23.2 Å². The third-order valence-corrected chi connectivity index (χ3v) is 5.84. The Hall–Kier alpha value is -2.19. The van der Waals surface area contributed by atoms with E-state index < -0.39 is 12.6 Å². The van der Waals surface area contributed by atoms with Crippen molar-refractivity contribution in [2.75, 3.05) is 25.2 Å². The van der Waals surface area contributed by atoms with Crippen molar-refractivity contribution in [1.29, 1.82) is 0 Å². The molecular weight excluding hydrogens is 403 g/mol. The fourth-order valence-electron chi connectivity index (χ4n) is 3.71. The van der Waals surface area contributed by atoms with Crippen LogP contribution in [0.2, 0.25) is 10.0 Å². The van der Waals surface area contributed by atoms with Crippen LogP contribution in [0, 0.1) is 0 Å². The number of anilines is 1. The molecule has 146 valence electrons. The molecule has 2 aromatic heterocycles. The summed E-state index contributed by atoms with van der Waals surface area (Å²) >= 11 is 12.7. The largest absolute Gasteiger partial charge is 0.388 e. The number of carbonyl (C=O) groups is 1. The number of pyridine rings is 1. The smallest absolute Gasteiger partial charge is 0.183 e. The highest BCUT2D eigenvalue weighted by molar-refractivity contribution is 6.45. The third-order valence-electron chi connectivity index (χ3n) is 5.04. The summed E-state index contributed by atoms with van der Waals surface area (Å²) in [6.07, 6.45) is 5.51. The van der Waals surface area contributed by atoms with E-state index in [4.69, 9.17) is 32.9 Å². The summed E-state index contributed by atoms with van der Waals surface area (Å²) in [7, 11) is 1.56. The lowest BCUT2D eigenvalue weighted by molar-refractivity contribution is -0.125. The number of benzene rings is 1. The van der Waals surface area contributed by atoms with Crippen LogP contribution < -0.4 is 4.90 Å². The van der Waals surface area contributed by atoms with Crippen LogP contribution in [0.1, 0.15) is 6.42 Å². The van der Waals surface area contributed by atoms with Crippen LogP contribution in [0.4, 0.5) is 5.82 Å². The number of imidazole rings is 1. The Morgan fingerprint density at radius 2 is 2.21 bits per heavy atom. The number of fused-ring (bicyclic) bond motifs is 1. The van der Waals surface area contributed by atoms with Crippen molar-refractivity contribution in [2.45, 2.75) is 18.6 Å². The first-order chi connectivity index (χ1) is 13.5. The number of carbonyl (C=O) groups excluding carboxylic acids is 1. The second kappa shape index (κ2) is 7.67. The van der Waals surface area contributed by atoms with Crippen LogP contribution in [0.25, 0.3) is 16.6 Å². The number of hydrogen-bond donors (Lipinski definition) is 1. The van der Waals surface area contributed by atoms with Crippen molar-refractivity contribution in [3.8, 4) is 5.69 Å². The highest BCUT2D eigenvalue weighted by Crippen LogP contribution is 2.36. The van der Waals surface area contributed by atoms with Crippen molar-refractivity contribution in [2.24, 2.45) is 0 Å². The Kier molecular flexibility index (Phi) is 5.25. The highest BCUT2D eigenvalue weighted by atomic mass is 35.5. The minimum absolute atomic E-state index is 0.312. The summed E-state index contributed by atoms with van der Waals surface area (Å²) in [6.45, 7) is 0.00451. The van der Waals surface area contributed by atoms with Crippen LogP contribution in [0.3, 0.4) is 0 Å². The Balaban J connectivity index is 1.92. The molecule has 1 N–H and O–H groups in total. The summed E-state index contributed by atoms with van der Waals surface area (Å²) in [5.41, 5.74) is 1.35. The molecule has 0 bridgehead atoms. The predicted molar refractivity (Wildman–Crippen MR) is 108 cm³/mol. The number of aliphatic hydroxyl groups excluding tert-OH is 1. The number of aliphatic hydroxyl groups is 1. The van der Waals surface area contributed by atoms with E-state index in [1.165, 1.54) is 0 Å². The molecule has 28 heavy (non-hydrogen) atoms. The molecule has 3 heterocycles. The summed E-state index contributed by atoms with van der Waals surface area (Å²) < 4.78 is 7.32. The zero-order chi connectivity index (χ0) is 19.8. The van der Waals surface area contributed by atoms with E-state index in [9.17, 15) is 9.90 Å². The number of methoxy groups -OCH3 is 1. The number of Topliss-reactive ketones (excluding diaryl/α,β-unsaturated/α-hetero) is 1. The van der Waals surface area contributed by atoms with E-state index >= 15 is 0 Å². The highest BCUT2D eigenvalue weighted by Gasteiger charge is 2.40. The number of rotatable bonds is 5. The first-order valence-corrected chi connectivity index (χ1v) is 9.51. The molecule has 0 spiro atoms. The van der Waals surface area contributed by atoms with Crippen LogP contribution in [0.5, 0.6) is 0 Å². The lowest BCUT2D eigenvalue weighted by Crippen LogP contribution is -2.44. The number of ether oxygens (including phenoxy) is 1. The SMILES string of the molecule is CO[C@@H]1CCN(c2cc(-n3ccnc3)c3ccc(Cl)c(Cl)c3n2)[C@@H]1C(=O)CO. The van der Waals surface area contributed by atoms with E-state index in [2.05, 4.69) is 4.98 Å². The summed E-state index contributed by atoms with van der Waals surface area (Å²) in [5.74, 6) is 0.249. The maximum atomic E-state index is 12.4. The quantitative estimate of drug-likeness (QED) is 0.683. The van der Waals surface area contributed by atoms with E-state index in [0.29, 0.717) is 34.3 Å². The average molecular weight is 421 g/mol. The maximum absolute atomic E-state index is 12.4. The first-order valence-electron chi connectivity index (χ1n) is 8.75. The normalized spacial score (nSPS) is 19.5. The molecule has 1 fully saturated rings. The van der Waals surface area contributed by atoms with Crippen molar-refractivity contribution >= 4 is 45.7 Å². The molecule has 0 radical (unpaired) electrons. The van der Waals surface area contributed by atoms with Gasteiger partial charge in [-0.05, 0) is 18.6 Å². The van der Waals surface area contributed by atoms with Gasteiger partial charge >= 0.3 is 0 Å². The number of halogens is 2. The zero-order valence-corrected chi connectivity index (χ0v) is 16.6. The molecule has 7 nitrogen and oxygen atoms in total. The summed E-state index contributed by atoms with van der Waals surface area (Å²) in [4.78, 5) is 23.1. The second-order valence-corrected chi connectivity index (χ2v) is 7.34. The van der Waals surface area contributed by atoms with Gasteiger partial charge in [0, 0.05) is 37.5 Å². The Morgan fingerprint density at radius 1 is 1.39 bits per heavy atom. The van der Waals surface area contributed by atoms with Crippen LogP contribution in [-0.4, -0.2) is 57.8 Å². The van der Waals surface area contributed by atoms with Crippen molar-refractivity contribution < 1.29 is 14.6 Å². The zero-order valence-electron chi connectivity index (χ0n) is 15.0. The van der Waals surface area contributed by atoms with Gasteiger partial charge in [-0.15, -0.1) is 0 Å². The third kappa shape index (κ3) is 3.14. The Labute approximate surface area is 171 Å². The number of aromatic nitrogens is 3. The molecule has 1 aromatic carbocycles. The van der Waals surface area contributed by atoms with Crippen LogP contribution >= 0.6 is 23.2 Å². The molecular formula is C19H18Cl2N4O3. The van der Waals surface area contributed by atoms with E-state index in [-0.39, 0.29) is 11.9 Å². The van der Waals surface area contributed by atoms with Gasteiger partial charge in [0.2, 0.25) is 0 Å². The van der Waals surface area contributed by atoms with E-state index in [1.54, 1.807) is 25.7 Å². The maximum Gasteiger partial charge on any atom is 0.183 e. The fourth-order valence-corrected chi connectivity index (χ4v) is 4.07. The molecule has 0 aliphatic carbocycles. The fraction of sp³-hybridized carbons (Fsp3) is 0.316. The lowest BCUT2D eigenvalue weighted by Gasteiger charge is -2.27. The van der Waals surface area contributed by atoms with Gasteiger partial charge < -0.3 is 19.3 Å². The lowest BCUT2D eigenvalue weighted by atomic mass is 10.1. The van der Waals surface area contributed by atoms with Gasteiger partial charge in [0.05, 0.1) is 33.7 Å². The second-order valence-electron chi connectivity index (χ2n) is 6.55. The molecule has 0 unspecified atom stereocenters. The topological polar surface area (TPSA) is 80.5 Å². The van der Waals surface area contributed by atoms with E-state index in [1.807, 2.05) is 27.8 Å². The number of hydrogen-bond acceptors (Lipinski definition) is 6. The van der Waals surface area contributed by atoms with Gasteiger partial charge in [-0.25, -0.2) is 9.97 Å².